The maximum absolute atomic E-state index is 11.3. The summed E-state index contributed by atoms with van der Waals surface area (Å²) in [6.45, 7) is 4.00. The van der Waals surface area contributed by atoms with Crippen molar-refractivity contribution in [2.75, 3.05) is 0 Å². The van der Waals surface area contributed by atoms with E-state index in [1.807, 2.05) is 37.3 Å². The molecule has 0 aliphatic rings. The third kappa shape index (κ3) is 3.09. The molecule has 1 N–H and O–H groups in total. The van der Waals surface area contributed by atoms with Crippen molar-refractivity contribution in [2.24, 2.45) is 0 Å². The summed E-state index contributed by atoms with van der Waals surface area (Å²) in [5, 5.41) is 9.30. The molecular formula is C22H20O2. The van der Waals surface area contributed by atoms with Gasteiger partial charge in [0.1, 0.15) is 0 Å². The van der Waals surface area contributed by atoms with Crippen LogP contribution in [0.25, 0.3) is 11.1 Å². The number of hydrogen-bond acceptors (Lipinski definition) is 1. The van der Waals surface area contributed by atoms with Crippen molar-refractivity contribution in [1.29, 1.82) is 0 Å². The zero-order chi connectivity index (χ0) is 17.1. The minimum absolute atomic E-state index is 0.147. The highest BCUT2D eigenvalue weighted by Crippen LogP contribution is 2.30. The second-order valence-corrected chi connectivity index (χ2v) is 6.03. The van der Waals surface area contributed by atoms with Crippen molar-refractivity contribution in [3.8, 4) is 11.1 Å². The molecule has 3 aromatic carbocycles. The fraction of sp³-hybridized carbons (Fsp3) is 0.136. The summed E-state index contributed by atoms with van der Waals surface area (Å²) in [6, 6.07) is 24.3. The van der Waals surface area contributed by atoms with E-state index >= 15 is 0 Å². The monoisotopic (exact) mass is 316 g/mol. The van der Waals surface area contributed by atoms with Crippen LogP contribution in [0.5, 0.6) is 0 Å². The first-order valence-corrected chi connectivity index (χ1v) is 8.06. The van der Waals surface area contributed by atoms with Gasteiger partial charge in [-0.05, 0) is 40.8 Å². The van der Waals surface area contributed by atoms with Crippen LogP contribution < -0.4 is 0 Å². The third-order valence-corrected chi connectivity index (χ3v) is 4.59. The largest absolute Gasteiger partial charge is 0.478 e. The molecule has 0 bridgehead atoms. The Kier molecular flexibility index (Phi) is 4.48. The standard InChI is InChI=1S/C22H20O2/c1-15(20-9-6-10-21(16(20)2)22(23)24)17-11-13-19(14-12-17)18-7-4-3-5-8-18/h3-15H,1-2H3,(H,23,24). The van der Waals surface area contributed by atoms with E-state index in [0.29, 0.717) is 5.56 Å². The normalized spacial score (nSPS) is 11.9. The molecule has 3 aromatic rings. The minimum atomic E-state index is -0.874. The van der Waals surface area contributed by atoms with Gasteiger partial charge in [-0.1, -0.05) is 73.7 Å². The molecule has 3 rings (SSSR count). The Hall–Kier alpha value is -2.87. The highest BCUT2D eigenvalue weighted by molar-refractivity contribution is 5.89. The first-order valence-electron chi connectivity index (χ1n) is 8.06. The van der Waals surface area contributed by atoms with Gasteiger partial charge in [-0.3, -0.25) is 0 Å². The number of benzene rings is 3. The van der Waals surface area contributed by atoms with Crippen LogP contribution in [-0.2, 0) is 0 Å². The Balaban J connectivity index is 1.92. The van der Waals surface area contributed by atoms with Gasteiger partial charge in [0.2, 0.25) is 0 Å². The summed E-state index contributed by atoms with van der Waals surface area (Å²) < 4.78 is 0. The van der Waals surface area contributed by atoms with E-state index in [0.717, 1.165) is 11.1 Å². The predicted molar refractivity (Wildman–Crippen MR) is 97.5 cm³/mol. The van der Waals surface area contributed by atoms with Gasteiger partial charge >= 0.3 is 5.97 Å². The molecule has 0 spiro atoms. The lowest BCUT2D eigenvalue weighted by Crippen LogP contribution is -2.05. The van der Waals surface area contributed by atoms with Gasteiger partial charge < -0.3 is 5.11 Å². The van der Waals surface area contributed by atoms with Crippen molar-refractivity contribution < 1.29 is 9.90 Å². The van der Waals surface area contributed by atoms with E-state index in [1.165, 1.54) is 16.7 Å². The Morgan fingerprint density at radius 1 is 0.833 bits per heavy atom. The Bertz CT molecular complexity index is 849. The van der Waals surface area contributed by atoms with Crippen molar-refractivity contribution in [2.45, 2.75) is 19.8 Å². The molecule has 0 saturated carbocycles. The quantitative estimate of drug-likeness (QED) is 0.689. The van der Waals surface area contributed by atoms with Crippen molar-refractivity contribution >= 4 is 5.97 Å². The van der Waals surface area contributed by atoms with Crippen LogP contribution in [0.4, 0.5) is 0 Å². The molecule has 1 atom stereocenters. The number of carbonyl (C=O) groups is 1. The topological polar surface area (TPSA) is 37.3 Å². The summed E-state index contributed by atoms with van der Waals surface area (Å²) >= 11 is 0. The van der Waals surface area contributed by atoms with Gasteiger partial charge in [0.15, 0.2) is 0 Å². The van der Waals surface area contributed by atoms with Crippen molar-refractivity contribution in [3.63, 3.8) is 0 Å². The number of rotatable bonds is 4. The highest BCUT2D eigenvalue weighted by atomic mass is 16.4. The van der Waals surface area contributed by atoms with E-state index in [9.17, 15) is 9.90 Å². The van der Waals surface area contributed by atoms with Gasteiger partial charge in [0.25, 0.3) is 0 Å². The molecule has 1 unspecified atom stereocenters. The van der Waals surface area contributed by atoms with Gasteiger partial charge in [0, 0.05) is 5.92 Å². The zero-order valence-corrected chi connectivity index (χ0v) is 13.9. The van der Waals surface area contributed by atoms with Crippen LogP contribution in [0.2, 0.25) is 0 Å². The van der Waals surface area contributed by atoms with E-state index in [-0.39, 0.29) is 5.92 Å². The zero-order valence-electron chi connectivity index (χ0n) is 13.9. The fourth-order valence-corrected chi connectivity index (χ4v) is 3.13. The molecule has 120 valence electrons. The van der Waals surface area contributed by atoms with Crippen LogP contribution in [0.15, 0.2) is 72.8 Å². The molecule has 0 aromatic heterocycles. The Labute approximate surface area is 142 Å². The van der Waals surface area contributed by atoms with E-state index in [4.69, 9.17) is 0 Å². The molecule has 0 fully saturated rings. The Morgan fingerprint density at radius 2 is 1.46 bits per heavy atom. The van der Waals surface area contributed by atoms with Crippen LogP contribution >= 0.6 is 0 Å². The molecule has 0 heterocycles. The molecule has 0 saturated heterocycles. The lowest BCUT2D eigenvalue weighted by atomic mass is 9.87. The lowest BCUT2D eigenvalue weighted by Gasteiger charge is -2.17. The van der Waals surface area contributed by atoms with E-state index in [2.05, 4.69) is 43.3 Å². The van der Waals surface area contributed by atoms with E-state index < -0.39 is 5.97 Å². The molecule has 0 aliphatic carbocycles. The van der Waals surface area contributed by atoms with Crippen LogP contribution in [0, 0.1) is 6.92 Å². The average molecular weight is 316 g/mol. The van der Waals surface area contributed by atoms with Gasteiger partial charge in [-0.2, -0.15) is 0 Å². The van der Waals surface area contributed by atoms with Crippen LogP contribution in [0.3, 0.4) is 0 Å². The number of aromatic carboxylic acids is 1. The van der Waals surface area contributed by atoms with Crippen molar-refractivity contribution in [1.82, 2.24) is 0 Å². The average Bonchev–Trinajstić information content (AvgIpc) is 2.62. The molecule has 0 amide bonds. The van der Waals surface area contributed by atoms with Gasteiger partial charge in [0.05, 0.1) is 5.56 Å². The third-order valence-electron chi connectivity index (χ3n) is 4.59. The second kappa shape index (κ2) is 6.71. The molecule has 2 nitrogen and oxygen atoms in total. The molecule has 24 heavy (non-hydrogen) atoms. The summed E-state index contributed by atoms with van der Waals surface area (Å²) in [7, 11) is 0. The highest BCUT2D eigenvalue weighted by Gasteiger charge is 2.16. The summed E-state index contributed by atoms with van der Waals surface area (Å²) in [5.74, 6) is -0.727. The molecular weight excluding hydrogens is 296 g/mol. The molecule has 0 aliphatic heterocycles. The van der Waals surface area contributed by atoms with Crippen LogP contribution in [0.1, 0.15) is 39.9 Å². The van der Waals surface area contributed by atoms with E-state index in [1.54, 1.807) is 6.07 Å². The number of carboxylic acids is 1. The summed E-state index contributed by atoms with van der Waals surface area (Å²) in [6.07, 6.45) is 0. The first kappa shape index (κ1) is 16.0. The van der Waals surface area contributed by atoms with Crippen molar-refractivity contribution in [3.05, 3.63) is 95.1 Å². The predicted octanol–water partition coefficient (Wildman–Crippen LogP) is 5.51. The summed E-state index contributed by atoms with van der Waals surface area (Å²) in [4.78, 5) is 11.3. The number of carboxylic acid groups (broad SMARTS) is 1. The lowest BCUT2D eigenvalue weighted by molar-refractivity contribution is 0.0696. The van der Waals surface area contributed by atoms with Gasteiger partial charge in [-0.15, -0.1) is 0 Å². The first-order chi connectivity index (χ1) is 11.6. The molecule has 0 radical (unpaired) electrons. The SMILES string of the molecule is Cc1c(C(=O)O)cccc1C(C)c1ccc(-c2ccccc2)cc1. The number of hydrogen-bond donors (Lipinski definition) is 1. The molecule has 2 heteroatoms. The van der Waals surface area contributed by atoms with Crippen LogP contribution in [-0.4, -0.2) is 11.1 Å². The fourth-order valence-electron chi connectivity index (χ4n) is 3.13. The second-order valence-electron chi connectivity index (χ2n) is 6.03. The van der Waals surface area contributed by atoms with Gasteiger partial charge in [-0.25, -0.2) is 4.79 Å². The Morgan fingerprint density at radius 3 is 2.08 bits per heavy atom. The summed E-state index contributed by atoms with van der Waals surface area (Å²) in [5.41, 5.74) is 5.83. The minimum Gasteiger partial charge on any atom is -0.478 e. The smallest absolute Gasteiger partial charge is 0.335 e. The maximum Gasteiger partial charge on any atom is 0.335 e. The maximum atomic E-state index is 11.3.